The molecule has 22 heavy (non-hydrogen) atoms. The summed E-state index contributed by atoms with van der Waals surface area (Å²) < 4.78 is 24.1. The topological polar surface area (TPSA) is 42.0 Å². The maximum atomic E-state index is 13.5. The van der Waals surface area contributed by atoms with Crippen molar-refractivity contribution in [3.05, 3.63) is 24.0 Å². The Labute approximate surface area is 130 Å². The normalized spacial score (nSPS) is 15.7. The van der Waals surface area contributed by atoms with Gasteiger partial charge in [0, 0.05) is 32.2 Å². The molecule has 1 heterocycles. The molecule has 0 spiro atoms. The smallest absolute Gasteiger partial charge is 0.410 e. The quantitative estimate of drug-likeness (QED) is 0.842. The van der Waals surface area contributed by atoms with E-state index in [4.69, 9.17) is 9.47 Å². The van der Waals surface area contributed by atoms with E-state index in [0.29, 0.717) is 37.6 Å². The predicted octanol–water partition coefficient (Wildman–Crippen LogP) is 2.89. The molecule has 2 rings (SSSR count). The van der Waals surface area contributed by atoms with Crippen LogP contribution in [0.3, 0.4) is 0 Å². The molecule has 1 aromatic rings. The molecule has 5 nitrogen and oxygen atoms in total. The number of methoxy groups -OCH3 is 1. The highest BCUT2D eigenvalue weighted by Gasteiger charge is 2.26. The zero-order valence-electron chi connectivity index (χ0n) is 13.6. The number of nitrogens with zero attached hydrogens (tertiary/aromatic N) is 2. The first-order valence-electron chi connectivity index (χ1n) is 7.36. The molecular formula is C16H23FN2O3. The minimum Gasteiger partial charge on any atom is -0.495 e. The molecule has 0 radical (unpaired) electrons. The van der Waals surface area contributed by atoms with Crippen molar-refractivity contribution in [1.29, 1.82) is 0 Å². The standard InChI is InChI=1S/C16H23FN2O3/c1-16(2,3)22-15(20)19-9-7-18(8-10-19)13-11-12(17)5-6-14(13)21-4/h5-6,11H,7-10H2,1-4H3. The van der Waals surface area contributed by atoms with Crippen molar-refractivity contribution in [2.45, 2.75) is 26.4 Å². The number of amides is 1. The minimum atomic E-state index is -0.500. The van der Waals surface area contributed by atoms with E-state index in [1.165, 1.54) is 12.1 Å². The van der Waals surface area contributed by atoms with E-state index in [1.54, 1.807) is 18.1 Å². The number of hydrogen-bond acceptors (Lipinski definition) is 4. The Bertz CT molecular complexity index is 535. The summed E-state index contributed by atoms with van der Waals surface area (Å²) in [6.45, 7) is 7.83. The average molecular weight is 310 g/mol. The molecule has 6 heteroatoms. The zero-order valence-corrected chi connectivity index (χ0v) is 13.6. The van der Waals surface area contributed by atoms with Crippen LogP contribution in [-0.4, -0.2) is 49.9 Å². The third-order valence-electron chi connectivity index (χ3n) is 3.41. The number of benzene rings is 1. The van der Waals surface area contributed by atoms with Crippen LogP contribution in [0, 0.1) is 5.82 Å². The van der Waals surface area contributed by atoms with E-state index in [-0.39, 0.29) is 11.9 Å². The van der Waals surface area contributed by atoms with Crippen molar-refractivity contribution in [2.75, 3.05) is 38.2 Å². The van der Waals surface area contributed by atoms with Crippen LogP contribution in [-0.2, 0) is 4.74 Å². The number of halogens is 1. The van der Waals surface area contributed by atoms with Crippen LogP contribution in [0.4, 0.5) is 14.9 Å². The van der Waals surface area contributed by atoms with Gasteiger partial charge < -0.3 is 19.3 Å². The molecule has 0 aromatic heterocycles. The SMILES string of the molecule is COc1ccc(F)cc1N1CCN(C(=O)OC(C)(C)C)CC1. The Balaban J connectivity index is 2.00. The first-order valence-corrected chi connectivity index (χ1v) is 7.36. The summed E-state index contributed by atoms with van der Waals surface area (Å²) in [4.78, 5) is 15.7. The first-order chi connectivity index (χ1) is 10.3. The van der Waals surface area contributed by atoms with Crippen molar-refractivity contribution in [2.24, 2.45) is 0 Å². The average Bonchev–Trinajstić information content (AvgIpc) is 2.45. The van der Waals surface area contributed by atoms with Crippen molar-refractivity contribution in [3.8, 4) is 5.75 Å². The van der Waals surface area contributed by atoms with E-state index >= 15 is 0 Å². The summed E-state index contributed by atoms with van der Waals surface area (Å²) in [6, 6.07) is 4.45. The molecule has 1 aliphatic heterocycles. The number of anilines is 1. The highest BCUT2D eigenvalue weighted by atomic mass is 19.1. The number of piperazine rings is 1. The molecule has 0 saturated carbocycles. The molecule has 1 fully saturated rings. The van der Waals surface area contributed by atoms with E-state index in [2.05, 4.69) is 0 Å². The second-order valence-electron chi connectivity index (χ2n) is 6.27. The third-order valence-corrected chi connectivity index (χ3v) is 3.41. The van der Waals surface area contributed by atoms with Gasteiger partial charge in [0.25, 0.3) is 0 Å². The van der Waals surface area contributed by atoms with Gasteiger partial charge in [0.15, 0.2) is 0 Å². The second-order valence-corrected chi connectivity index (χ2v) is 6.27. The van der Waals surface area contributed by atoms with Crippen molar-refractivity contribution < 1.29 is 18.7 Å². The van der Waals surface area contributed by atoms with Crippen LogP contribution in [0.5, 0.6) is 5.75 Å². The molecule has 0 unspecified atom stereocenters. The maximum Gasteiger partial charge on any atom is 0.410 e. The monoisotopic (exact) mass is 310 g/mol. The van der Waals surface area contributed by atoms with Crippen LogP contribution < -0.4 is 9.64 Å². The van der Waals surface area contributed by atoms with E-state index in [0.717, 1.165) is 0 Å². The number of carbonyl (C=O) groups excluding carboxylic acids is 1. The lowest BCUT2D eigenvalue weighted by Crippen LogP contribution is -2.50. The summed E-state index contributed by atoms with van der Waals surface area (Å²) in [5, 5.41) is 0. The fourth-order valence-electron chi connectivity index (χ4n) is 2.37. The van der Waals surface area contributed by atoms with Crippen LogP contribution in [0.25, 0.3) is 0 Å². The van der Waals surface area contributed by atoms with Gasteiger partial charge in [0.2, 0.25) is 0 Å². The van der Waals surface area contributed by atoms with Gasteiger partial charge in [-0.1, -0.05) is 0 Å². The molecular weight excluding hydrogens is 287 g/mol. The molecule has 0 N–H and O–H groups in total. The summed E-state index contributed by atoms with van der Waals surface area (Å²) in [7, 11) is 1.56. The van der Waals surface area contributed by atoms with Gasteiger partial charge in [-0.2, -0.15) is 0 Å². The summed E-state index contributed by atoms with van der Waals surface area (Å²) in [5.74, 6) is 0.331. The molecule has 1 saturated heterocycles. The van der Waals surface area contributed by atoms with Gasteiger partial charge >= 0.3 is 6.09 Å². The third kappa shape index (κ3) is 4.02. The van der Waals surface area contributed by atoms with Gasteiger partial charge in [-0.05, 0) is 32.9 Å². The van der Waals surface area contributed by atoms with Crippen LogP contribution in [0.1, 0.15) is 20.8 Å². The van der Waals surface area contributed by atoms with Gasteiger partial charge in [0.1, 0.15) is 17.2 Å². The predicted molar refractivity (Wildman–Crippen MR) is 83.0 cm³/mol. The van der Waals surface area contributed by atoms with Gasteiger partial charge in [-0.3, -0.25) is 0 Å². The van der Waals surface area contributed by atoms with Crippen molar-refractivity contribution in [3.63, 3.8) is 0 Å². The van der Waals surface area contributed by atoms with Gasteiger partial charge in [-0.25, -0.2) is 9.18 Å². The molecule has 1 amide bonds. The Morgan fingerprint density at radius 3 is 2.36 bits per heavy atom. The molecule has 1 aromatic carbocycles. The maximum absolute atomic E-state index is 13.5. The van der Waals surface area contributed by atoms with E-state index < -0.39 is 5.60 Å². The molecule has 0 atom stereocenters. The molecule has 1 aliphatic rings. The lowest BCUT2D eigenvalue weighted by Gasteiger charge is -2.37. The first kappa shape index (κ1) is 16.4. The number of hydrogen-bond donors (Lipinski definition) is 0. The highest BCUT2D eigenvalue weighted by molar-refractivity contribution is 5.69. The Morgan fingerprint density at radius 1 is 1.18 bits per heavy atom. The summed E-state index contributed by atoms with van der Waals surface area (Å²) in [6.07, 6.45) is -0.307. The lowest BCUT2D eigenvalue weighted by atomic mass is 10.2. The molecule has 0 bridgehead atoms. The van der Waals surface area contributed by atoms with E-state index in [9.17, 15) is 9.18 Å². The highest BCUT2D eigenvalue weighted by Crippen LogP contribution is 2.29. The Hall–Kier alpha value is -1.98. The Kier molecular flexibility index (Phi) is 4.78. The van der Waals surface area contributed by atoms with E-state index in [1.807, 2.05) is 25.7 Å². The minimum absolute atomic E-state index is 0.301. The van der Waals surface area contributed by atoms with Crippen LogP contribution in [0.2, 0.25) is 0 Å². The number of rotatable bonds is 2. The second kappa shape index (κ2) is 6.42. The summed E-state index contributed by atoms with van der Waals surface area (Å²) in [5.41, 5.74) is 0.214. The van der Waals surface area contributed by atoms with Crippen LogP contribution >= 0.6 is 0 Å². The van der Waals surface area contributed by atoms with Crippen molar-refractivity contribution >= 4 is 11.8 Å². The largest absolute Gasteiger partial charge is 0.495 e. The van der Waals surface area contributed by atoms with Gasteiger partial charge in [-0.15, -0.1) is 0 Å². The zero-order chi connectivity index (χ0) is 16.3. The van der Waals surface area contributed by atoms with Crippen LogP contribution in [0.15, 0.2) is 18.2 Å². The fraction of sp³-hybridized carbons (Fsp3) is 0.562. The Morgan fingerprint density at radius 2 is 1.82 bits per heavy atom. The van der Waals surface area contributed by atoms with Crippen molar-refractivity contribution in [1.82, 2.24) is 4.90 Å². The number of carbonyl (C=O) groups is 1. The number of ether oxygens (including phenoxy) is 2. The molecule has 122 valence electrons. The summed E-state index contributed by atoms with van der Waals surface area (Å²) >= 11 is 0. The van der Waals surface area contributed by atoms with Gasteiger partial charge in [0.05, 0.1) is 12.8 Å². The molecule has 0 aliphatic carbocycles. The lowest BCUT2D eigenvalue weighted by molar-refractivity contribution is 0.0240. The fourth-order valence-corrected chi connectivity index (χ4v) is 2.37.